The first-order valence-electron chi connectivity index (χ1n) is 4.09. The van der Waals surface area contributed by atoms with Crippen LogP contribution in [0, 0.1) is 17.2 Å². The molecule has 0 aromatic heterocycles. The zero-order chi connectivity index (χ0) is 8.81. The zero-order valence-electron chi connectivity index (χ0n) is 7.16. The molecule has 0 aromatic carbocycles. The summed E-state index contributed by atoms with van der Waals surface area (Å²) >= 11 is 0. The van der Waals surface area contributed by atoms with Crippen LogP contribution in [0.4, 0.5) is 0 Å². The average molecular weight is 171 g/mol. The standard InChI is InChI=1S/C8H13NO3/c1-2-3-11-8-7(4-9)5-10-6-12-8/h7-8H,2-3,5-6H2,1H3. The molecule has 4 nitrogen and oxygen atoms in total. The maximum absolute atomic E-state index is 8.67. The van der Waals surface area contributed by atoms with Crippen molar-refractivity contribution in [1.29, 1.82) is 5.26 Å². The molecule has 1 heterocycles. The van der Waals surface area contributed by atoms with E-state index in [-0.39, 0.29) is 12.7 Å². The Hall–Kier alpha value is -0.630. The van der Waals surface area contributed by atoms with Crippen LogP contribution in [-0.4, -0.2) is 26.3 Å². The van der Waals surface area contributed by atoms with E-state index < -0.39 is 6.29 Å². The van der Waals surface area contributed by atoms with Gasteiger partial charge in [0.1, 0.15) is 12.7 Å². The van der Waals surface area contributed by atoms with E-state index in [2.05, 4.69) is 6.07 Å². The lowest BCUT2D eigenvalue weighted by atomic mass is 10.2. The second kappa shape index (κ2) is 5.09. The van der Waals surface area contributed by atoms with E-state index in [1.165, 1.54) is 0 Å². The Labute approximate surface area is 72.0 Å². The number of nitriles is 1. The molecular formula is C8H13NO3. The van der Waals surface area contributed by atoms with Crippen molar-refractivity contribution in [2.75, 3.05) is 20.0 Å². The Morgan fingerprint density at radius 1 is 1.67 bits per heavy atom. The zero-order valence-corrected chi connectivity index (χ0v) is 7.16. The third-order valence-electron chi connectivity index (χ3n) is 1.59. The highest BCUT2D eigenvalue weighted by Crippen LogP contribution is 2.14. The van der Waals surface area contributed by atoms with Crippen LogP contribution in [0.3, 0.4) is 0 Å². The van der Waals surface area contributed by atoms with Crippen LogP contribution < -0.4 is 0 Å². The van der Waals surface area contributed by atoms with Crippen LogP contribution in [-0.2, 0) is 14.2 Å². The Balaban J connectivity index is 2.32. The molecule has 0 N–H and O–H groups in total. The Bertz CT molecular complexity index is 166. The first-order chi connectivity index (χ1) is 5.88. The van der Waals surface area contributed by atoms with Gasteiger partial charge in [0.2, 0.25) is 0 Å². The van der Waals surface area contributed by atoms with Crippen LogP contribution in [0.25, 0.3) is 0 Å². The first kappa shape index (κ1) is 9.46. The van der Waals surface area contributed by atoms with E-state index in [0.717, 1.165) is 6.42 Å². The third kappa shape index (κ3) is 2.45. The largest absolute Gasteiger partial charge is 0.354 e. The van der Waals surface area contributed by atoms with Gasteiger partial charge in [-0.15, -0.1) is 0 Å². The average Bonchev–Trinajstić information content (AvgIpc) is 2.15. The van der Waals surface area contributed by atoms with Gasteiger partial charge in [0, 0.05) is 6.61 Å². The lowest BCUT2D eigenvalue weighted by Crippen LogP contribution is -2.35. The van der Waals surface area contributed by atoms with Crippen LogP contribution in [0.2, 0.25) is 0 Å². The van der Waals surface area contributed by atoms with E-state index in [4.69, 9.17) is 19.5 Å². The van der Waals surface area contributed by atoms with E-state index >= 15 is 0 Å². The normalized spacial score (nSPS) is 29.7. The second-order valence-electron chi connectivity index (χ2n) is 2.63. The molecule has 68 valence electrons. The maximum atomic E-state index is 8.67. The van der Waals surface area contributed by atoms with Gasteiger partial charge in [-0.2, -0.15) is 5.26 Å². The number of hydrogen-bond donors (Lipinski definition) is 0. The summed E-state index contributed by atoms with van der Waals surface area (Å²) in [5.41, 5.74) is 0. The highest BCUT2D eigenvalue weighted by atomic mass is 16.8. The predicted octanol–water partition coefficient (Wildman–Crippen LogP) is 0.883. The molecule has 4 heteroatoms. The number of nitrogens with zero attached hydrogens (tertiary/aromatic N) is 1. The molecule has 0 bridgehead atoms. The van der Waals surface area contributed by atoms with Gasteiger partial charge in [0.05, 0.1) is 12.7 Å². The highest BCUT2D eigenvalue weighted by molar-refractivity contribution is 4.86. The summed E-state index contributed by atoms with van der Waals surface area (Å²) in [7, 11) is 0. The van der Waals surface area contributed by atoms with Crippen molar-refractivity contribution in [3.05, 3.63) is 0 Å². The molecule has 0 saturated carbocycles. The quantitative estimate of drug-likeness (QED) is 0.632. The molecule has 1 rings (SSSR count). The topological polar surface area (TPSA) is 51.5 Å². The van der Waals surface area contributed by atoms with Gasteiger partial charge in [-0.25, -0.2) is 0 Å². The molecule has 1 aliphatic rings. The minimum atomic E-state index is -0.399. The molecular weight excluding hydrogens is 158 g/mol. The van der Waals surface area contributed by atoms with E-state index in [0.29, 0.717) is 13.2 Å². The molecule has 0 aliphatic carbocycles. The molecule has 1 fully saturated rings. The summed E-state index contributed by atoms with van der Waals surface area (Å²) in [6, 6.07) is 2.09. The van der Waals surface area contributed by atoms with Crippen molar-refractivity contribution in [3.8, 4) is 6.07 Å². The minimum absolute atomic E-state index is 0.229. The number of hydrogen-bond acceptors (Lipinski definition) is 4. The summed E-state index contributed by atoms with van der Waals surface area (Å²) in [5.74, 6) is -0.287. The SMILES string of the molecule is CCCOC1OCOCC1C#N. The van der Waals surface area contributed by atoms with Gasteiger partial charge in [-0.1, -0.05) is 6.92 Å². The molecule has 12 heavy (non-hydrogen) atoms. The van der Waals surface area contributed by atoms with Crippen LogP contribution in [0.5, 0.6) is 0 Å². The highest BCUT2D eigenvalue weighted by Gasteiger charge is 2.26. The monoisotopic (exact) mass is 171 g/mol. The fourth-order valence-electron chi connectivity index (χ4n) is 0.981. The molecule has 0 aromatic rings. The summed E-state index contributed by atoms with van der Waals surface area (Å²) in [4.78, 5) is 0. The van der Waals surface area contributed by atoms with Crippen molar-refractivity contribution in [1.82, 2.24) is 0 Å². The van der Waals surface area contributed by atoms with Crippen molar-refractivity contribution >= 4 is 0 Å². The third-order valence-corrected chi connectivity index (χ3v) is 1.59. The van der Waals surface area contributed by atoms with E-state index in [1.807, 2.05) is 6.92 Å². The van der Waals surface area contributed by atoms with Crippen molar-refractivity contribution < 1.29 is 14.2 Å². The van der Waals surface area contributed by atoms with Gasteiger partial charge >= 0.3 is 0 Å². The number of ether oxygens (including phenoxy) is 3. The summed E-state index contributed by atoms with van der Waals surface area (Å²) in [5, 5.41) is 8.67. The Kier molecular flexibility index (Phi) is 4.01. The van der Waals surface area contributed by atoms with Crippen LogP contribution >= 0.6 is 0 Å². The minimum Gasteiger partial charge on any atom is -0.354 e. The van der Waals surface area contributed by atoms with Crippen LogP contribution in [0.15, 0.2) is 0 Å². The lowest BCUT2D eigenvalue weighted by molar-refractivity contribution is -0.253. The van der Waals surface area contributed by atoms with Gasteiger partial charge in [0.15, 0.2) is 6.29 Å². The molecule has 1 aliphatic heterocycles. The number of rotatable bonds is 3. The summed E-state index contributed by atoms with van der Waals surface area (Å²) in [6.07, 6.45) is 0.530. The molecule has 2 atom stereocenters. The predicted molar refractivity (Wildman–Crippen MR) is 41.0 cm³/mol. The molecule has 1 saturated heterocycles. The van der Waals surface area contributed by atoms with Crippen molar-refractivity contribution in [2.24, 2.45) is 5.92 Å². The molecule has 0 radical (unpaired) electrons. The van der Waals surface area contributed by atoms with Gasteiger partial charge in [0.25, 0.3) is 0 Å². The molecule has 2 unspecified atom stereocenters. The Morgan fingerprint density at radius 3 is 3.17 bits per heavy atom. The smallest absolute Gasteiger partial charge is 0.178 e. The van der Waals surface area contributed by atoms with Crippen molar-refractivity contribution in [3.63, 3.8) is 0 Å². The molecule has 0 amide bonds. The fourth-order valence-corrected chi connectivity index (χ4v) is 0.981. The van der Waals surface area contributed by atoms with Gasteiger partial charge < -0.3 is 14.2 Å². The van der Waals surface area contributed by atoms with Crippen LogP contribution in [0.1, 0.15) is 13.3 Å². The summed E-state index contributed by atoms with van der Waals surface area (Å²) in [6.45, 7) is 3.28. The van der Waals surface area contributed by atoms with Gasteiger partial charge in [-0.3, -0.25) is 0 Å². The summed E-state index contributed by atoms with van der Waals surface area (Å²) < 4.78 is 15.4. The van der Waals surface area contributed by atoms with E-state index in [1.54, 1.807) is 0 Å². The Morgan fingerprint density at radius 2 is 2.50 bits per heavy atom. The second-order valence-corrected chi connectivity index (χ2v) is 2.63. The molecule has 0 spiro atoms. The maximum Gasteiger partial charge on any atom is 0.178 e. The van der Waals surface area contributed by atoms with Crippen molar-refractivity contribution in [2.45, 2.75) is 19.6 Å². The van der Waals surface area contributed by atoms with Gasteiger partial charge in [-0.05, 0) is 6.42 Å². The first-order valence-corrected chi connectivity index (χ1v) is 4.09. The fraction of sp³-hybridized carbons (Fsp3) is 0.875. The lowest BCUT2D eigenvalue weighted by Gasteiger charge is -2.26. The van der Waals surface area contributed by atoms with E-state index in [9.17, 15) is 0 Å².